The highest BCUT2D eigenvalue weighted by atomic mass is 16.5. The summed E-state index contributed by atoms with van der Waals surface area (Å²) >= 11 is 0. The van der Waals surface area contributed by atoms with Crippen molar-refractivity contribution in [1.82, 2.24) is 10.2 Å². The number of aromatic nitrogens is 2. The van der Waals surface area contributed by atoms with Crippen LogP contribution in [0.2, 0.25) is 0 Å². The summed E-state index contributed by atoms with van der Waals surface area (Å²) in [5.41, 5.74) is 2.33. The third-order valence-electron chi connectivity index (χ3n) is 2.56. The fraction of sp³-hybridized carbons (Fsp3) is 0.462. The third kappa shape index (κ3) is 4.33. The van der Waals surface area contributed by atoms with Gasteiger partial charge in [0.05, 0.1) is 18.9 Å². The number of carbonyl (C=O) groups is 1. The molecule has 19 heavy (non-hydrogen) atoms. The number of carboxylic acids is 1. The normalized spacial score (nSPS) is 10.3. The number of rotatable bonds is 7. The van der Waals surface area contributed by atoms with Gasteiger partial charge in [0.1, 0.15) is 5.56 Å². The molecule has 0 aliphatic carbocycles. The van der Waals surface area contributed by atoms with Crippen LogP contribution in [0.5, 0.6) is 0 Å². The second kappa shape index (κ2) is 6.84. The molecule has 0 spiro atoms. The van der Waals surface area contributed by atoms with E-state index < -0.39 is 5.97 Å². The molecule has 0 bridgehead atoms. The minimum atomic E-state index is -1.01. The van der Waals surface area contributed by atoms with Gasteiger partial charge in [-0.2, -0.15) is 5.10 Å². The highest BCUT2D eigenvalue weighted by Crippen LogP contribution is 2.17. The molecule has 6 heteroatoms. The number of aromatic carboxylic acids is 1. The van der Waals surface area contributed by atoms with Gasteiger partial charge in [-0.3, -0.25) is 0 Å². The summed E-state index contributed by atoms with van der Waals surface area (Å²) in [6, 6.07) is 0. The second-order valence-corrected chi connectivity index (χ2v) is 4.38. The van der Waals surface area contributed by atoms with Crippen molar-refractivity contribution in [2.75, 3.05) is 25.1 Å². The average Bonchev–Trinajstić information content (AvgIpc) is 2.32. The van der Waals surface area contributed by atoms with E-state index in [-0.39, 0.29) is 11.4 Å². The molecule has 0 saturated heterocycles. The lowest BCUT2D eigenvalue weighted by Crippen LogP contribution is -2.16. The van der Waals surface area contributed by atoms with E-state index in [4.69, 9.17) is 4.74 Å². The van der Waals surface area contributed by atoms with Gasteiger partial charge < -0.3 is 15.2 Å². The number of ether oxygens (including phenoxy) is 1. The van der Waals surface area contributed by atoms with Crippen LogP contribution in [0.4, 0.5) is 5.82 Å². The van der Waals surface area contributed by atoms with Gasteiger partial charge >= 0.3 is 5.97 Å². The lowest BCUT2D eigenvalue weighted by Gasteiger charge is -2.11. The molecule has 0 aromatic carbocycles. The van der Waals surface area contributed by atoms with Crippen LogP contribution in [0.1, 0.15) is 28.5 Å². The van der Waals surface area contributed by atoms with Gasteiger partial charge in [0.2, 0.25) is 0 Å². The minimum Gasteiger partial charge on any atom is -0.478 e. The number of hydrogen-bond acceptors (Lipinski definition) is 5. The summed E-state index contributed by atoms with van der Waals surface area (Å²) in [6.07, 6.45) is 0. The zero-order valence-corrected chi connectivity index (χ0v) is 11.5. The van der Waals surface area contributed by atoms with Crippen LogP contribution in [-0.2, 0) is 4.74 Å². The summed E-state index contributed by atoms with van der Waals surface area (Å²) < 4.78 is 5.31. The molecule has 6 nitrogen and oxygen atoms in total. The number of carboxylic acid groups (broad SMARTS) is 1. The van der Waals surface area contributed by atoms with Crippen molar-refractivity contribution in [3.8, 4) is 0 Å². The number of aryl methyl sites for hydroxylation is 1. The zero-order valence-electron chi connectivity index (χ0n) is 11.5. The molecule has 0 aliphatic heterocycles. The van der Waals surface area contributed by atoms with Crippen molar-refractivity contribution in [2.45, 2.75) is 20.8 Å². The van der Waals surface area contributed by atoms with E-state index in [0.29, 0.717) is 31.0 Å². The van der Waals surface area contributed by atoms with E-state index in [1.54, 1.807) is 13.8 Å². The Morgan fingerprint density at radius 3 is 2.68 bits per heavy atom. The molecule has 1 aromatic rings. The van der Waals surface area contributed by atoms with E-state index in [1.165, 1.54) is 0 Å². The molecular weight excluding hydrogens is 246 g/mol. The summed E-state index contributed by atoms with van der Waals surface area (Å²) in [5, 5.41) is 19.9. The molecule has 0 fully saturated rings. The summed E-state index contributed by atoms with van der Waals surface area (Å²) in [7, 11) is 0. The van der Waals surface area contributed by atoms with E-state index in [9.17, 15) is 9.90 Å². The first-order valence-electron chi connectivity index (χ1n) is 5.96. The maximum Gasteiger partial charge on any atom is 0.339 e. The third-order valence-corrected chi connectivity index (χ3v) is 2.56. The average molecular weight is 265 g/mol. The first-order chi connectivity index (χ1) is 8.93. The molecular formula is C13H19N3O3. The van der Waals surface area contributed by atoms with Gasteiger partial charge in [-0.15, -0.1) is 5.10 Å². The number of hydrogen-bond donors (Lipinski definition) is 2. The maximum atomic E-state index is 11.2. The molecule has 1 aromatic heterocycles. The van der Waals surface area contributed by atoms with Crippen molar-refractivity contribution in [1.29, 1.82) is 0 Å². The largest absolute Gasteiger partial charge is 0.478 e. The number of nitrogens with zero attached hydrogens (tertiary/aromatic N) is 2. The molecule has 0 radical (unpaired) electrons. The van der Waals surface area contributed by atoms with Crippen LogP contribution in [0.3, 0.4) is 0 Å². The van der Waals surface area contributed by atoms with Crippen LogP contribution in [0.15, 0.2) is 12.2 Å². The Morgan fingerprint density at radius 2 is 2.11 bits per heavy atom. The smallest absolute Gasteiger partial charge is 0.339 e. The van der Waals surface area contributed by atoms with Crippen molar-refractivity contribution in [2.24, 2.45) is 0 Å². The first kappa shape index (κ1) is 15.1. The molecule has 0 saturated carbocycles. The van der Waals surface area contributed by atoms with Gasteiger partial charge in [0.25, 0.3) is 0 Å². The van der Waals surface area contributed by atoms with Crippen LogP contribution in [-0.4, -0.2) is 41.0 Å². The number of anilines is 1. The predicted molar refractivity (Wildman–Crippen MR) is 72.6 cm³/mol. The molecule has 0 amide bonds. The lowest BCUT2D eigenvalue weighted by molar-refractivity contribution is 0.0696. The summed E-state index contributed by atoms with van der Waals surface area (Å²) in [5.74, 6) is -0.740. The molecule has 2 N–H and O–H groups in total. The molecule has 1 heterocycles. The topological polar surface area (TPSA) is 84.3 Å². The van der Waals surface area contributed by atoms with Gasteiger partial charge in [-0.05, 0) is 26.3 Å². The van der Waals surface area contributed by atoms with Crippen molar-refractivity contribution in [3.63, 3.8) is 0 Å². The van der Waals surface area contributed by atoms with Gasteiger partial charge in [-0.1, -0.05) is 12.2 Å². The van der Waals surface area contributed by atoms with E-state index >= 15 is 0 Å². The Labute approximate surface area is 112 Å². The van der Waals surface area contributed by atoms with Crippen LogP contribution < -0.4 is 5.32 Å². The monoisotopic (exact) mass is 265 g/mol. The Hall–Kier alpha value is -1.95. The highest BCUT2D eigenvalue weighted by Gasteiger charge is 2.17. The van der Waals surface area contributed by atoms with E-state index in [2.05, 4.69) is 22.1 Å². The minimum absolute atomic E-state index is 0.160. The fourth-order valence-electron chi connectivity index (χ4n) is 1.48. The molecule has 0 atom stereocenters. The highest BCUT2D eigenvalue weighted by molar-refractivity contribution is 5.94. The van der Waals surface area contributed by atoms with Crippen molar-refractivity contribution >= 4 is 11.8 Å². The van der Waals surface area contributed by atoms with Crippen LogP contribution >= 0.6 is 0 Å². The summed E-state index contributed by atoms with van der Waals surface area (Å²) in [4.78, 5) is 11.2. The Balaban J connectivity index is 2.66. The number of nitrogens with one attached hydrogen (secondary N) is 1. The molecule has 1 rings (SSSR count). The first-order valence-corrected chi connectivity index (χ1v) is 5.96. The quantitative estimate of drug-likeness (QED) is 0.577. The Bertz CT molecular complexity index is 486. The standard InChI is InChI=1S/C13H19N3O3/c1-8(2)7-19-6-5-14-12-11(13(17)18)9(3)10(4)15-16-12/h1,5-7H2,2-4H3,(H,14,16)(H,17,18). The second-order valence-electron chi connectivity index (χ2n) is 4.38. The van der Waals surface area contributed by atoms with Crippen molar-refractivity contribution < 1.29 is 14.6 Å². The van der Waals surface area contributed by atoms with Crippen molar-refractivity contribution in [3.05, 3.63) is 29.0 Å². The fourth-order valence-corrected chi connectivity index (χ4v) is 1.48. The van der Waals surface area contributed by atoms with E-state index in [0.717, 1.165) is 5.57 Å². The predicted octanol–water partition coefficient (Wildman–Crippen LogP) is 1.80. The Morgan fingerprint density at radius 1 is 1.42 bits per heavy atom. The Kier molecular flexibility index (Phi) is 5.44. The summed E-state index contributed by atoms with van der Waals surface area (Å²) in [6.45, 7) is 10.5. The van der Waals surface area contributed by atoms with Crippen LogP contribution in [0.25, 0.3) is 0 Å². The zero-order chi connectivity index (χ0) is 14.4. The molecule has 0 aliphatic rings. The van der Waals surface area contributed by atoms with E-state index in [1.807, 2.05) is 6.92 Å². The lowest BCUT2D eigenvalue weighted by atomic mass is 10.1. The van der Waals surface area contributed by atoms with Gasteiger partial charge in [0, 0.05) is 6.54 Å². The van der Waals surface area contributed by atoms with Gasteiger partial charge in [-0.25, -0.2) is 4.79 Å². The maximum absolute atomic E-state index is 11.2. The SMILES string of the molecule is C=C(C)COCCNc1nnc(C)c(C)c1C(=O)O. The molecule has 0 unspecified atom stereocenters. The molecule has 104 valence electrons. The van der Waals surface area contributed by atoms with Gasteiger partial charge in [0.15, 0.2) is 5.82 Å². The van der Waals surface area contributed by atoms with Crippen LogP contribution in [0, 0.1) is 13.8 Å².